The Balaban J connectivity index is 1.26. The van der Waals surface area contributed by atoms with Crippen LogP contribution in [0.1, 0.15) is 77.2 Å². The minimum absolute atomic E-state index is 0.0171. The van der Waals surface area contributed by atoms with E-state index >= 15 is 4.39 Å². The lowest BCUT2D eigenvalue weighted by Crippen LogP contribution is -2.57. The number of aromatic nitrogens is 3. The number of carbonyl (C=O) groups excluding carboxylic acids is 1. The fourth-order valence-corrected chi connectivity index (χ4v) is 7.95. The second kappa shape index (κ2) is 14.2. The van der Waals surface area contributed by atoms with Gasteiger partial charge in [0.2, 0.25) is 0 Å². The molecule has 3 aromatic rings. The minimum atomic E-state index is -0.602. The van der Waals surface area contributed by atoms with Crippen LogP contribution in [0.4, 0.5) is 15.0 Å². The SMILES string of the molecule is COCOc1cc(Cl)c(C2CC2)c(-c2ncc3c(N4CC5CCC(C4)N5C(=O)OC(C)(C)C)nc(OC[C@@H]4CC[C@@H](CCO)N4)nc3c2F)c1. The smallest absolute Gasteiger partial charge is 0.410 e. The van der Waals surface area contributed by atoms with E-state index in [0.717, 1.165) is 44.1 Å². The van der Waals surface area contributed by atoms with Gasteiger partial charge in [0.05, 0.1) is 17.5 Å². The number of piperazine rings is 1. The summed E-state index contributed by atoms with van der Waals surface area (Å²) in [6, 6.07) is 3.67. The normalized spacial score (nSPS) is 23.5. The number of methoxy groups -OCH3 is 1. The maximum absolute atomic E-state index is 17.0. The van der Waals surface area contributed by atoms with Crippen LogP contribution >= 0.6 is 11.6 Å². The van der Waals surface area contributed by atoms with Crippen molar-refractivity contribution in [1.82, 2.24) is 25.2 Å². The molecule has 2 bridgehead atoms. The molecule has 2 unspecified atom stereocenters. The quantitative estimate of drug-likeness (QED) is 0.234. The first-order chi connectivity index (χ1) is 24.0. The first-order valence-electron chi connectivity index (χ1n) is 17.6. The van der Waals surface area contributed by atoms with Crippen LogP contribution in [0.25, 0.3) is 22.2 Å². The summed E-state index contributed by atoms with van der Waals surface area (Å²) in [4.78, 5) is 31.3. The molecule has 12 nitrogen and oxygen atoms in total. The van der Waals surface area contributed by atoms with Crippen molar-refractivity contribution in [2.24, 2.45) is 0 Å². The summed E-state index contributed by atoms with van der Waals surface area (Å²) >= 11 is 6.78. The number of fused-ring (bicyclic) bond motifs is 3. The highest BCUT2D eigenvalue weighted by Crippen LogP contribution is 2.49. The molecule has 4 atom stereocenters. The lowest BCUT2D eigenvalue weighted by Gasteiger charge is -2.42. The predicted molar refractivity (Wildman–Crippen MR) is 186 cm³/mol. The maximum atomic E-state index is 17.0. The summed E-state index contributed by atoms with van der Waals surface area (Å²) in [5.41, 5.74) is 1.01. The van der Waals surface area contributed by atoms with Crippen LogP contribution in [0.2, 0.25) is 5.02 Å². The van der Waals surface area contributed by atoms with E-state index in [0.29, 0.717) is 53.7 Å². The van der Waals surface area contributed by atoms with E-state index in [-0.39, 0.29) is 66.8 Å². The summed E-state index contributed by atoms with van der Waals surface area (Å²) in [7, 11) is 1.53. The van der Waals surface area contributed by atoms with Crippen LogP contribution in [-0.4, -0.2) is 101 Å². The van der Waals surface area contributed by atoms with Gasteiger partial charge in [0, 0.05) is 55.7 Å². The van der Waals surface area contributed by atoms with Gasteiger partial charge in [-0.3, -0.25) is 9.88 Å². The molecule has 2 N–H and O–H groups in total. The van der Waals surface area contributed by atoms with Crippen molar-refractivity contribution in [3.63, 3.8) is 0 Å². The molecule has 3 aliphatic heterocycles. The number of anilines is 1. The monoisotopic (exact) mass is 712 g/mol. The molecule has 1 amide bonds. The van der Waals surface area contributed by atoms with Crippen LogP contribution in [0, 0.1) is 5.82 Å². The second-order valence-corrected chi connectivity index (χ2v) is 15.3. The molecule has 270 valence electrons. The summed E-state index contributed by atoms with van der Waals surface area (Å²) in [6.07, 6.45) is 7.38. The molecule has 0 spiro atoms. The Morgan fingerprint density at radius 1 is 1.06 bits per heavy atom. The predicted octanol–water partition coefficient (Wildman–Crippen LogP) is 5.81. The Kier molecular flexibility index (Phi) is 9.94. The van der Waals surface area contributed by atoms with Gasteiger partial charge in [0.15, 0.2) is 12.6 Å². The fraction of sp³-hybridized carbons (Fsp3) is 0.611. The minimum Gasteiger partial charge on any atom is -0.467 e. The average Bonchev–Trinajstić information content (AvgIpc) is 3.74. The lowest BCUT2D eigenvalue weighted by atomic mass is 9.98. The van der Waals surface area contributed by atoms with Crippen LogP contribution in [0.5, 0.6) is 11.8 Å². The summed E-state index contributed by atoms with van der Waals surface area (Å²) in [5.74, 6) is 0.567. The van der Waals surface area contributed by atoms with E-state index in [9.17, 15) is 9.90 Å². The molecule has 4 fully saturated rings. The topological polar surface area (TPSA) is 131 Å². The first-order valence-corrected chi connectivity index (χ1v) is 18.0. The highest BCUT2D eigenvalue weighted by molar-refractivity contribution is 6.32. The number of pyridine rings is 1. The van der Waals surface area contributed by atoms with Gasteiger partial charge in [0.25, 0.3) is 0 Å². The Bertz CT molecular complexity index is 1720. The van der Waals surface area contributed by atoms with Crippen molar-refractivity contribution in [2.45, 2.75) is 101 Å². The third-order valence-corrected chi connectivity index (χ3v) is 10.3. The van der Waals surface area contributed by atoms with E-state index in [1.165, 1.54) is 7.11 Å². The number of hydrogen-bond donors (Lipinski definition) is 2. The number of nitrogens with one attached hydrogen (secondary N) is 1. The molecular weight excluding hydrogens is 667 g/mol. The van der Waals surface area contributed by atoms with Gasteiger partial charge in [-0.2, -0.15) is 9.97 Å². The molecule has 1 saturated carbocycles. The Hall–Kier alpha value is -3.52. The maximum Gasteiger partial charge on any atom is 0.410 e. The number of halogens is 2. The highest BCUT2D eigenvalue weighted by Gasteiger charge is 2.45. The molecule has 2 aromatic heterocycles. The molecular formula is C36H46ClFN6O6. The number of aliphatic hydroxyl groups is 1. The molecule has 7 rings (SSSR count). The van der Waals surface area contributed by atoms with Gasteiger partial charge in [-0.1, -0.05) is 11.6 Å². The standard InChI is InChI=1S/C36H46ClFN6O6/c1-36(2,3)50-35(46)44-23-9-10-24(44)17-43(16-23)33-27-15-39-31(26-13-25(49-19-47-4)14-28(37)29(26)20-5-6-20)30(38)32(27)41-34(42-33)48-18-22-8-7-21(40-22)11-12-45/h13-15,20-24,40,45H,5-12,16-19H2,1-4H3/t21-,22-,23?,24?/m0/s1. The molecule has 14 heteroatoms. The number of rotatable bonds is 11. The third-order valence-electron chi connectivity index (χ3n) is 9.94. The van der Waals surface area contributed by atoms with Gasteiger partial charge in [0.1, 0.15) is 35.0 Å². The van der Waals surface area contributed by atoms with Crippen LogP contribution in [-0.2, 0) is 9.47 Å². The Morgan fingerprint density at radius 2 is 1.80 bits per heavy atom. The summed E-state index contributed by atoms with van der Waals surface area (Å²) < 4.78 is 39.7. The third kappa shape index (κ3) is 7.28. The fourth-order valence-electron chi connectivity index (χ4n) is 7.58. The Labute approximate surface area is 296 Å². The second-order valence-electron chi connectivity index (χ2n) is 14.8. The van der Waals surface area contributed by atoms with Crippen molar-refractivity contribution in [3.05, 3.63) is 34.7 Å². The Morgan fingerprint density at radius 3 is 2.48 bits per heavy atom. The number of benzene rings is 1. The van der Waals surface area contributed by atoms with Gasteiger partial charge < -0.3 is 34.3 Å². The summed E-state index contributed by atoms with van der Waals surface area (Å²) in [5, 5.41) is 13.8. The molecule has 4 aliphatic rings. The number of hydrogen-bond acceptors (Lipinski definition) is 11. The zero-order chi connectivity index (χ0) is 35.2. The van der Waals surface area contributed by atoms with Gasteiger partial charge in [-0.25, -0.2) is 9.18 Å². The molecule has 0 radical (unpaired) electrons. The largest absolute Gasteiger partial charge is 0.467 e. The van der Waals surface area contributed by atoms with Crippen molar-refractivity contribution in [1.29, 1.82) is 0 Å². The van der Waals surface area contributed by atoms with E-state index in [1.54, 1.807) is 18.3 Å². The molecule has 50 heavy (non-hydrogen) atoms. The molecule has 3 saturated heterocycles. The molecule has 1 aromatic carbocycles. The number of ether oxygens (including phenoxy) is 4. The molecule has 5 heterocycles. The lowest BCUT2D eigenvalue weighted by molar-refractivity contribution is 0.0122. The average molecular weight is 713 g/mol. The zero-order valence-corrected chi connectivity index (χ0v) is 29.8. The van der Waals surface area contributed by atoms with Gasteiger partial charge >= 0.3 is 12.1 Å². The summed E-state index contributed by atoms with van der Waals surface area (Å²) in [6.45, 7) is 7.03. The molecule has 1 aliphatic carbocycles. The van der Waals surface area contributed by atoms with Crippen LogP contribution in [0.15, 0.2) is 18.3 Å². The van der Waals surface area contributed by atoms with Gasteiger partial charge in [-0.05, 0) is 89.3 Å². The van der Waals surface area contributed by atoms with Crippen LogP contribution < -0.4 is 19.7 Å². The van der Waals surface area contributed by atoms with Crippen molar-refractivity contribution in [3.8, 4) is 23.0 Å². The van der Waals surface area contributed by atoms with Crippen molar-refractivity contribution < 1.29 is 33.2 Å². The first kappa shape index (κ1) is 34.9. The van der Waals surface area contributed by atoms with E-state index < -0.39 is 11.4 Å². The van der Waals surface area contributed by atoms with E-state index in [1.807, 2.05) is 25.7 Å². The van der Waals surface area contributed by atoms with Crippen LogP contribution in [0.3, 0.4) is 0 Å². The number of aliphatic hydroxyl groups excluding tert-OH is 1. The number of carbonyl (C=O) groups is 1. The highest BCUT2D eigenvalue weighted by atomic mass is 35.5. The number of amides is 1. The number of nitrogens with zero attached hydrogens (tertiary/aromatic N) is 5. The van der Waals surface area contributed by atoms with Crippen molar-refractivity contribution >= 4 is 34.4 Å². The zero-order valence-electron chi connectivity index (χ0n) is 29.1. The van der Waals surface area contributed by atoms with Gasteiger partial charge in [-0.15, -0.1) is 0 Å². The van der Waals surface area contributed by atoms with Crippen molar-refractivity contribution in [2.75, 3.05) is 45.1 Å². The van der Waals surface area contributed by atoms with E-state index in [4.69, 9.17) is 35.5 Å². The van der Waals surface area contributed by atoms with E-state index in [2.05, 4.69) is 20.2 Å².